The Kier molecular flexibility index (Phi) is 5.11. The highest BCUT2D eigenvalue weighted by atomic mass is 35.5. The van der Waals surface area contributed by atoms with E-state index >= 15 is 0 Å². The van der Waals surface area contributed by atoms with E-state index in [2.05, 4.69) is 48.2 Å². The highest BCUT2D eigenvalue weighted by Gasteiger charge is 2.50. The number of rotatable bonds is 4. The van der Waals surface area contributed by atoms with Gasteiger partial charge in [-0.15, -0.1) is 0 Å². The Morgan fingerprint density at radius 1 is 0.931 bits per heavy atom. The van der Waals surface area contributed by atoms with Crippen molar-refractivity contribution in [1.82, 2.24) is 9.88 Å². The van der Waals surface area contributed by atoms with Crippen molar-refractivity contribution in [2.45, 2.75) is 50.2 Å². The van der Waals surface area contributed by atoms with Gasteiger partial charge in [-0.2, -0.15) is 0 Å². The first-order valence-electron chi connectivity index (χ1n) is 10.3. The molecule has 2 bridgehead atoms. The van der Waals surface area contributed by atoms with Crippen LogP contribution in [-0.4, -0.2) is 22.0 Å². The molecule has 2 saturated heterocycles. The van der Waals surface area contributed by atoms with E-state index in [-0.39, 0.29) is 6.04 Å². The molecule has 2 aromatic carbocycles. The highest BCUT2D eigenvalue weighted by Crippen LogP contribution is 2.52. The maximum atomic E-state index is 6.71. The van der Waals surface area contributed by atoms with Crippen molar-refractivity contribution in [2.24, 2.45) is 0 Å². The second-order valence-electron chi connectivity index (χ2n) is 8.29. The van der Waals surface area contributed by atoms with Crippen LogP contribution in [-0.2, 0) is 0 Å². The van der Waals surface area contributed by atoms with E-state index < -0.39 is 0 Å². The minimum absolute atomic E-state index is 0.0599. The Labute approximate surface area is 182 Å². The molecule has 0 N–H and O–H groups in total. The zero-order chi connectivity index (χ0) is 20.0. The molecule has 29 heavy (non-hydrogen) atoms. The van der Waals surface area contributed by atoms with Gasteiger partial charge in [-0.3, -0.25) is 9.88 Å². The van der Waals surface area contributed by atoms with Gasteiger partial charge in [0.2, 0.25) is 0 Å². The maximum absolute atomic E-state index is 6.71. The molecule has 0 radical (unpaired) electrons. The van der Waals surface area contributed by atoms with E-state index in [0.29, 0.717) is 18.0 Å². The molecule has 2 aliphatic heterocycles. The summed E-state index contributed by atoms with van der Waals surface area (Å²) in [6, 6.07) is 21.8. The number of aromatic nitrogens is 1. The highest BCUT2D eigenvalue weighted by molar-refractivity contribution is 6.32. The van der Waals surface area contributed by atoms with Crippen LogP contribution in [0.1, 0.15) is 53.6 Å². The van der Waals surface area contributed by atoms with Gasteiger partial charge in [-0.05, 0) is 67.1 Å². The Bertz CT molecular complexity index is 989. The van der Waals surface area contributed by atoms with Gasteiger partial charge in [0.25, 0.3) is 0 Å². The van der Waals surface area contributed by atoms with Crippen LogP contribution in [0.25, 0.3) is 0 Å². The summed E-state index contributed by atoms with van der Waals surface area (Å²) in [6.45, 7) is 2.15. The topological polar surface area (TPSA) is 16.1 Å². The molecule has 0 aliphatic carbocycles. The van der Waals surface area contributed by atoms with E-state index in [9.17, 15) is 0 Å². The molecule has 3 heterocycles. The van der Waals surface area contributed by atoms with E-state index in [1.165, 1.54) is 24.1 Å². The predicted octanol–water partition coefficient (Wildman–Crippen LogP) is 6.81. The third kappa shape index (κ3) is 3.38. The van der Waals surface area contributed by atoms with Gasteiger partial charge in [0.1, 0.15) is 0 Å². The number of hydrogen-bond acceptors (Lipinski definition) is 2. The van der Waals surface area contributed by atoms with Crippen LogP contribution in [0.3, 0.4) is 0 Å². The maximum Gasteiger partial charge on any atom is 0.0636 e. The number of halogens is 2. The number of benzene rings is 2. The van der Waals surface area contributed by atoms with E-state index in [4.69, 9.17) is 28.2 Å². The van der Waals surface area contributed by atoms with Gasteiger partial charge in [-0.25, -0.2) is 0 Å². The lowest BCUT2D eigenvalue weighted by Gasteiger charge is -2.34. The van der Waals surface area contributed by atoms with Crippen molar-refractivity contribution in [3.05, 3.63) is 99.3 Å². The van der Waals surface area contributed by atoms with Gasteiger partial charge in [0.15, 0.2) is 0 Å². The molecule has 5 rings (SSSR count). The first kappa shape index (κ1) is 19.1. The van der Waals surface area contributed by atoms with Gasteiger partial charge in [0, 0.05) is 39.9 Å². The zero-order valence-corrected chi connectivity index (χ0v) is 17.9. The normalized spacial score (nSPS) is 23.8. The molecule has 2 aliphatic rings. The molecule has 0 saturated carbocycles. The smallest absolute Gasteiger partial charge is 0.0636 e. The first-order chi connectivity index (χ1) is 14.1. The molecular formula is C25H24Cl2N2. The van der Waals surface area contributed by atoms with Crippen LogP contribution in [0.2, 0.25) is 10.0 Å². The summed E-state index contributed by atoms with van der Waals surface area (Å²) in [5.41, 5.74) is 4.77. The van der Waals surface area contributed by atoms with Crippen LogP contribution in [0.5, 0.6) is 0 Å². The molecule has 3 atom stereocenters. The number of fused-ring (bicyclic) bond motifs is 2. The monoisotopic (exact) mass is 422 g/mol. The molecule has 0 spiro atoms. The molecule has 1 aromatic heterocycles. The largest absolute Gasteiger partial charge is 0.286 e. The lowest BCUT2D eigenvalue weighted by molar-refractivity contribution is 0.199. The molecule has 148 valence electrons. The number of nitrogens with zero attached hydrogens (tertiary/aromatic N) is 2. The lowest BCUT2D eigenvalue weighted by Crippen LogP contribution is -2.35. The summed E-state index contributed by atoms with van der Waals surface area (Å²) < 4.78 is 0. The van der Waals surface area contributed by atoms with Crippen LogP contribution in [0, 0.1) is 6.92 Å². The van der Waals surface area contributed by atoms with E-state index in [1.54, 1.807) is 0 Å². The second-order valence-corrected chi connectivity index (χ2v) is 9.11. The van der Waals surface area contributed by atoms with Gasteiger partial charge in [-0.1, -0.05) is 59.6 Å². The molecule has 4 heteroatoms. The van der Waals surface area contributed by atoms with Crippen molar-refractivity contribution in [1.29, 1.82) is 0 Å². The standard InChI is InChI=1S/C25H24Cl2N2/c1-16-12-13-28-23(14-16)20-15-17-10-11-24(20)29(17)25(18-6-2-4-8-21(18)26)19-7-3-5-9-22(19)27/h2-9,12-14,17,20,24-25H,10-11,15H2,1H3. The van der Waals surface area contributed by atoms with Crippen LogP contribution in [0.4, 0.5) is 0 Å². The molecule has 0 amide bonds. The third-order valence-corrected chi connectivity index (χ3v) is 7.29. The van der Waals surface area contributed by atoms with Crippen LogP contribution < -0.4 is 0 Å². The Morgan fingerprint density at radius 2 is 1.59 bits per heavy atom. The minimum atomic E-state index is 0.0599. The fraction of sp³-hybridized carbons (Fsp3) is 0.320. The van der Waals surface area contributed by atoms with E-state index in [1.807, 2.05) is 30.5 Å². The fourth-order valence-corrected chi connectivity index (χ4v) is 5.87. The fourth-order valence-electron chi connectivity index (χ4n) is 5.40. The summed E-state index contributed by atoms with van der Waals surface area (Å²) in [5.74, 6) is 0.459. The summed E-state index contributed by atoms with van der Waals surface area (Å²) in [7, 11) is 0. The summed E-state index contributed by atoms with van der Waals surface area (Å²) >= 11 is 13.4. The molecule has 3 unspecified atom stereocenters. The van der Waals surface area contributed by atoms with Crippen molar-refractivity contribution in [3.63, 3.8) is 0 Å². The Hall–Kier alpha value is -1.87. The number of hydrogen-bond donors (Lipinski definition) is 0. The van der Waals surface area contributed by atoms with Crippen LogP contribution >= 0.6 is 23.2 Å². The molecule has 2 nitrogen and oxygen atoms in total. The molecular weight excluding hydrogens is 399 g/mol. The summed E-state index contributed by atoms with van der Waals surface area (Å²) in [6.07, 6.45) is 5.50. The van der Waals surface area contributed by atoms with Gasteiger partial charge < -0.3 is 0 Å². The quantitative estimate of drug-likeness (QED) is 0.458. The average molecular weight is 423 g/mol. The predicted molar refractivity (Wildman–Crippen MR) is 120 cm³/mol. The van der Waals surface area contributed by atoms with Crippen molar-refractivity contribution in [3.8, 4) is 0 Å². The lowest BCUT2D eigenvalue weighted by atomic mass is 9.86. The van der Waals surface area contributed by atoms with Crippen molar-refractivity contribution in [2.75, 3.05) is 0 Å². The summed E-state index contributed by atoms with van der Waals surface area (Å²) in [5, 5.41) is 1.60. The summed E-state index contributed by atoms with van der Waals surface area (Å²) in [4.78, 5) is 7.41. The van der Waals surface area contributed by atoms with Crippen molar-refractivity contribution >= 4 is 23.2 Å². The third-order valence-electron chi connectivity index (χ3n) is 6.60. The van der Waals surface area contributed by atoms with Crippen molar-refractivity contribution < 1.29 is 0 Å². The minimum Gasteiger partial charge on any atom is -0.286 e. The second kappa shape index (κ2) is 7.75. The average Bonchev–Trinajstić information content (AvgIpc) is 3.29. The number of pyridine rings is 1. The number of aryl methyl sites for hydroxylation is 1. The molecule has 2 fully saturated rings. The zero-order valence-electron chi connectivity index (χ0n) is 16.4. The van der Waals surface area contributed by atoms with E-state index in [0.717, 1.165) is 27.6 Å². The Balaban J connectivity index is 1.60. The first-order valence-corrected chi connectivity index (χ1v) is 11.1. The van der Waals surface area contributed by atoms with Crippen LogP contribution in [0.15, 0.2) is 66.9 Å². The Morgan fingerprint density at radius 3 is 2.21 bits per heavy atom. The molecule has 3 aromatic rings. The van der Waals surface area contributed by atoms with Gasteiger partial charge in [0.05, 0.1) is 6.04 Å². The van der Waals surface area contributed by atoms with Gasteiger partial charge >= 0.3 is 0 Å². The SMILES string of the molecule is Cc1ccnc(C2CC3CCC2N3C(c2ccccc2Cl)c2ccccc2Cl)c1.